The van der Waals surface area contributed by atoms with Gasteiger partial charge in [-0.15, -0.1) is 0 Å². The maximum atomic E-state index is 10.9. The minimum absolute atomic E-state index is 0.000615. The molecule has 1 aromatic carbocycles. The lowest BCUT2D eigenvalue weighted by atomic mass is 9.96. The fourth-order valence-electron chi connectivity index (χ4n) is 2.67. The van der Waals surface area contributed by atoms with Gasteiger partial charge in [-0.2, -0.15) is 0 Å². The molecule has 0 amide bonds. The van der Waals surface area contributed by atoms with Gasteiger partial charge in [0, 0.05) is 42.6 Å². The van der Waals surface area contributed by atoms with Crippen molar-refractivity contribution < 1.29 is 19.2 Å². The molecule has 0 bridgehead atoms. The molecule has 0 aliphatic rings. The number of non-ortho nitro benzene ring substituents is 1. The van der Waals surface area contributed by atoms with Gasteiger partial charge < -0.3 is 19.6 Å². The Morgan fingerprint density at radius 2 is 2.08 bits per heavy atom. The smallest absolute Gasteiger partial charge is 0.269 e. The first-order valence-corrected chi connectivity index (χ1v) is 7.54. The molecular weight excluding hydrogens is 312 g/mol. The lowest BCUT2D eigenvalue weighted by Gasteiger charge is -2.24. The minimum Gasteiger partial charge on any atom is -0.466 e. The van der Waals surface area contributed by atoms with Crippen LogP contribution >= 0.6 is 0 Å². The highest BCUT2D eigenvalue weighted by Crippen LogP contribution is 2.29. The van der Waals surface area contributed by atoms with Crippen molar-refractivity contribution in [1.82, 2.24) is 0 Å². The molecular formula is C17H22N2O5. The number of aryl methyl sites for hydroxylation is 2. The van der Waals surface area contributed by atoms with Crippen molar-refractivity contribution in [3.8, 4) is 0 Å². The molecule has 0 aliphatic carbocycles. The third kappa shape index (κ3) is 3.93. The standard InChI is InChI=1S/C17H22N2O5/c1-11-7-15(12(2)24-11)17(3,20)10-18-16-6-5-14(19(21)22)8-13(16)9-23-4/h5-8,18,20H,9-10H2,1-4H3. The zero-order chi connectivity index (χ0) is 17.9. The summed E-state index contributed by atoms with van der Waals surface area (Å²) in [5.41, 5.74) is 0.903. The molecule has 0 spiro atoms. The van der Waals surface area contributed by atoms with E-state index in [2.05, 4.69) is 5.32 Å². The van der Waals surface area contributed by atoms with Gasteiger partial charge in [-0.3, -0.25) is 10.1 Å². The van der Waals surface area contributed by atoms with E-state index in [-0.39, 0.29) is 18.8 Å². The van der Waals surface area contributed by atoms with Gasteiger partial charge in [0.05, 0.1) is 11.5 Å². The molecule has 1 unspecified atom stereocenters. The van der Waals surface area contributed by atoms with Crippen LogP contribution < -0.4 is 5.32 Å². The third-order valence-corrected chi connectivity index (χ3v) is 3.84. The predicted octanol–water partition coefficient (Wildman–Crippen LogP) is 3.27. The van der Waals surface area contributed by atoms with E-state index < -0.39 is 10.5 Å². The van der Waals surface area contributed by atoms with E-state index in [0.29, 0.717) is 22.6 Å². The fraction of sp³-hybridized carbons (Fsp3) is 0.412. The lowest BCUT2D eigenvalue weighted by Crippen LogP contribution is -2.31. The van der Waals surface area contributed by atoms with Crippen LogP contribution in [0.4, 0.5) is 11.4 Å². The number of nitrogens with zero attached hydrogens (tertiary/aromatic N) is 1. The van der Waals surface area contributed by atoms with Crippen molar-refractivity contribution in [3.63, 3.8) is 0 Å². The molecule has 0 fully saturated rings. The molecule has 1 aromatic heterocycles. The van der Waals surface area contributed by atoms with E-state index in [9.17, 15) is 15.2 Å². The molecule has 7 nitrogen and oxygen atoms in total. The Hall–Kier alpha value is -2.38. The van der Waals surface area contributed by atoms with E-state index >= 15 is 0 Å². The highest BCUT2D eigenvalue weighted by molar-refractivity contribution is 5.56. The number of methoxy groups -OCH3 is 1. The van der Waals surface area contributed by atoms with Crippen LogP contribution in [0.1, 0.15) is 29.6 Å². The largest absolute Gasteiger partial charge is 0.466 e. The van der Waals surface area contributed by atoms with Crippen LogP contribution in [-0.4, -0.2) is 23.7 Å². The maximum absolute atomic E-state index is 10.9. The highest BCUT2D eigenvalue weighted by atomic mass is 16.6. The normalized spacial score (nSPS) is 13.5. The van der Waals surface area contributed by atoms with E-state index in [0.717, 1.165) is 5.76 Å². The predicted molar refractivity (Wildman–Crippen MR) is 90.1 cm³/mol. The number of furan rings is 1. The average Bonchev–Trinajstić information content (AvgIpc) is 2.85. The summed E-state index contributed by atoms with van der Waals surface area (Å²) in [4.78, 5) is 10.5. The van der Waals surface area contributed by atoms with Crippen LogP contribution in [0.5, 0.6) is 0 Å². The highest BCUT2D eigenvalue weighted by Gasteiger charge is 2.27. The molecule has 0 aliphatic heterocycles. The molecule has 24 heavy (non-hydrogen) atoms. The Kier molecular flexibility index (Phi) is 5.26. The summed E-state index contributed by atoms with van der Waals surface area (Å²) in [5.74, 6) is 1.40. The second-order valence-corrected chi connectivity index (χ2v) is 5.99. The minimum atomic E-state index is -1.14. The number of nitro groups is 1. The molecule has 130 valence electrons. The molecule has 0 saturated heterocycles. The number of rotatable bonds is 7. The van der Waals surface area contributed by atoms with E-state index in [4.69, 9.17) is 9.15 Å². The second kappa shape index (κ2) is 7.02. The van der Waals surface area contributed by atoms with Crippen LogP contribution in [0.15, 0.2) is 28.7 Å². The maximum Gasteiger partial charge on any atom is 0.269 e. The molecule has 2 rings (SSSR count). The van der Waals surface area contributed by atoms with Gasteiger partial charge in [-0.05, 0) is 32.9 Å². The summed E-state index contributed by atoms with van der Waals surface area (Å²) in [6.45, 7) is 5.78. The van der Waals surface area contributed by atoms with Crippen molar-refractivity contribution in [3.05, 3.63) is 57.0 Å². The Morgan fingerprint density at radius 3 is 2.62 bits per heavy atom. The Bertz CT molecular complexity index is 737. The van der Waals surface area contributed by atoms with Crippen LogP contribution in [0.25, 0.3) is 0 Å². The van der Waals surface area contributed by atoms with E-state index in [1.165, 1.54) is 19.2 Å². The van der Waals surface area contributed by atoms with Gasteiger partial charge in [0.25, 0.3) is 5.69 Å². The third-order valence-electron chi connectivity index (χ3n) is 3.84. The first kappa shape index (κ1) is 18.0. The average molecular weight is 334 g/mol. The molecule has 0 radical (unpaired) electrons. The van der Waals surface area contributed by atoms with Gasteiger partial charge in [-0.25, -0.2) is 0 Å². The number of nitro benzene ring substituents is 1. The number of hydrogen-bond acceptors (Lipinski definition) is 6. The van der Waals surface area contributed by atoms with Crippen molar-refractivity contribution in [1.29, 1.82) is 0 Å². The molecule has 1 heterocycles. The quantitative estimate of drug-likeness (QED) is 0.596. The van der Waals surface area contributed by atoms with Crippen LogP contribution in [0, 0.1) is 24.0 Å². The zero-order valence-corrected chi connectivity index (χ0v) is 14.3. The van der Waals surface area contributed by atoms with Gasteiger partial charge in [0.2, 0.25) is 0 Å². The van der Waals surface area contributed by atoms with E-state index in [1.807, 2.05) is 13.0 Å². The summed E-state index contributed by atoms with van der Waals surface area (Å²) in [6.07, 6.45) is 0. The van der Waals surface area contributed by atoms with Crippen molar-refractivity contribution >= 4 is 11.4 Å². The SMILES string of the molecule is COCc1cc([N+](=O)[O-])ccc1NCC(C)(O)c1cc(C)oc1C. The van der Waals surface area contributed by atoms with Crippen LogP contribution in [-0.2, 0) is 16.9 Å². The van der Waals surface area contributed by atoms with E-state index in [1.54, 1.807) is 19.9 Å². The summed E-state index contributed by atoms with van der Waals surface area (Å²) < 4.78 is 10.6. The number of aliphatic hydroxyl groups is 1. The Morgan fingerprint density at radius 1 is 1.38 bits per heavy atom. The van der Waals surface area contributed by atoms with Crippen molar-refractivity contribution in [2.24, 2.45) is 0 Å². The summed E-state index contributed by atoms with van der Waals surface area (Å²) in [7, 11) is 1.52. The lowest BCUT2D eigenvalue weighted by molar-refractivity contribution is -0.384. The summed E-state index contributed by atoms with van der Waals surface area (Å²) >= 11 is 0. The van der Waals surface area contributed by atoms with Crippen molar-refractivity contribution in [2.75, 3.05) is 19.0 Å². The first-order chi connectivity index (χ1) is 11.2. The number of nitrogens with one attached hydrogen (secondary N) is 1. The van der Waals surface area contributed by atoms with Gasteiger partial charge in [-0.1, -0.05) is 0 Å². The fourth-order valence-corrected chi connectivity index (χ4v) is 2.67. The van der Waals surface area contributed by atoms with Crippen LogP contribution in [0.3, 0.4) is 0 Å². The first-order valence-electron chi connectivity index (χ1n) is 7.54. The van der Waals surface area contributed by atoms with Crippen LogP contribution in [0.2, 0.25) is 0 Å². The summed E-state index contributed by atoms with van der Waals surface area (Å²) in [6, 6.07) is 6.32. The monoisotopic (exact) mass is 334 g/mol. The number of hydrogen-bond donors (Lipinski definition) is 2. The van der Waals surface area contributed by atoms with Gasteiger partial charge >= 0.3 is 0 Å². The number of ether oxygens (including phenoxy) is 1. The molecule has 0 saturated carbocycles. The second-order valence-electron chi connectivity index (χ2n) is 5.99. The topological polar surface area (TPSA) is 97.8 Å². The zero-order valence-electron chi connectivity index (χ0n) is 14.3. The Labute approximate surface area is 140 Å². The Balaban J connectivity index is 2.21. The van der Waals surface area contributed by atoms with Gasteiger partial charge in [0.15, 0.2) is 0 Å². The molecule has 1 atom stereocenters. The number of benzene rings is 1. The van der Waals surface area contributed by atoms with Gasteiger partial charge in [0.1, 0.15) is 17.1 Å². The molecule has 7 heteroatoms. The number of anilines is 1. The summed E-state index contributed by atoms with van der Waals surface area (Å²) in [5, 5.41) is 24.8. The molecule has 2 N–H and O–H groups in total. The van der Waals surface area contributed by atoms with Crippen molar-refractivity contribution in [2.45, 2.75) is 33.0 Å². The molecule has 2 aromatic rings.